The lowest BCUT2D eigenvalue weighted by atomic mass is 9.81. The van der Waals surface area contributed by atoms with E-state index in [1.165, 1.54) is 12.1 Å². The van der Waals surface area contributed by atoms with Crippen molar-refractivity contribution >= 4 is 5.69 Å². The van der Waals surface area contributed by atoms with Crippen LogP contribution in [0.25, 0.3) is 11.3 Å². The average Bonchev–Trinajstić information content (AvgIpc) is 3.16. The number of H-pyrrole nitrogens is 1. The monoisotopic (exact) mass is 397 g/mol. The van der Waals surface area contributed by atoms with Crippen LogP contribution in [0.5, 0.6) is 11.5 Å². The largest absolute Gasteiger partial charge is 0.497 e. The third-order valence-corrected chi connectivity index (χ3v) is 5.40. The Kier molecular flexibility index (Phi) is 4.92. The highest BCUT2D eigenvalue weighted by molar-refractivity contribution is 5.74. The fourth-order valence-corrected chi connectivity index (χ4v) is 3.94. The number of nitro benzene ring substituents is 1. The van der Waals surface area contributed by atoms with Crippen molar-refractivity contribution in [3.05, 3.63) is 69.2 Å². The fourth-order valence-electron chi connectivity index (χ4n) is 3.94. The quantitative estimate of drug-likeness (QED) is 0.509. The summed E-state index contributed by atoms with van der Waals surface area (Å²) in [5, 5.41) is 18.7. The molecule has 4 rings (SSSR count). The van der Waals surface area contributed by atoms with Gasteiger partial charge in [0.1, 0.15) is 23.0 Å². The van der Waals surface area contributed by atoms with Gasteiger partial charge in [0.15, 0.2) is 0 Å². The van der Waals surface area contributed by atoms with Gasteiger partial charge in [-0.2, -0.15) is 5.10 Å². The summed E-state index contributed by atoms with van der Waals surface area (Å²) in [6.07, 6.45) is 2.21. The van der Waals surface area contributed by atoms with E-state index in [0.717, 1.165) is 40.8 Å². The number of hydrogen-bond acceptors (Lipinski definition) is 5. The first-order chi connectivity index (χ1) is 14.0. The number of aromatic amines is 1. The van der Waals surface area contributed by atoms with E-state index in [9.17, 15) is 14.5 Å². The second-order valence-electron chi connectivity index (χ2n) is 7.03. The molecule has 1 unspecified atom stereocenters. The minimum atomic E-state index is -0.528. The molecule has 0 saturated heterocycles. The van der Waals surface area contributed by atoms with Crippen LogP contribution in [-0.4, -0.2) is 29.3 Å². The molecule has 150 valence electrons. The van der Waals surface area contributed by atoms with Crippen molar-refractivity contribution in [3.8, 4) is 22.8 Å². The Labute approximate surface area is 166 Å². The molecule has 1 aromatic heterocycles. The maximum atomic E-state index is 13.8. The van der Waals surface area contributed by atoms with Crippen LogP contribution < -0.4 is 9.47 Å². The second kappa shape index (κ2) is 7.54. The summed E-state index contributed by atoms with van der Waals surface area (Å²) in [5.41, 5.74) is 3.42. The molecule has 0 bridgehead atoms. The molecule has 0 fully saturated rings. The van der Waals surface area contributed by atoms with Gasteiger partial charge in [-0.05, 0) is 55.0 Å². The van der Waals surface area contributed by atoms with Crippen LogP contribution in [0.1, 0.15) is 29.2 Å². The number of ether oxygens (including phenoxy) is 2. The molecule has 29 heavy (non-hydrogen) atoms. The molecule has 3 aromatic rings. The van der Waals surface area contributed by atoms with Gasteiger partial charge in [0.05, 0.1) is 24.7 Å². The van der Waals surface area contributed by atoms with Gasteiger partial charge in [0, 0.05) is 23.4 Å². The first-order valence-electron chi connectivity index (χ1n) is 9.23. The number of fused-ring (bicyclic) bond motifs is 1. The second-order valence-corrected chi connectivity index (χ2v) is 7.03. The van der Waals surface area contributed by atoms with E-state index < -0.39 is 10.7 Å². The van der Waals surface area contributed by atoms with Gasteiger partial charge < -0.3 is 9.47 Å². The molecule has 1 N–H and O–H groups in total. The molecule has 0 radical (unpaired) electrons. The number of rotatable bonds is 5. The zero-order valence-corrected chi connectivity index (χ0v) is 16.1. The van der Waals surface area contributed by atoms with E-state index in [1.807, 2.05) is 18.2 Å². The minimum Gasteiger partial charge on any atom is -0.497 e. The lowest BCUT2D eigenvalue weighted by Gasteiger charge is -2.23. The number of benzene rings is 2. The standard InChI is InChI=1S/C21H20FN3O4/c1-28-15-7-13(8-16(11-15)29-2)12-3-5-17-19(9-12)23-24-21(17)18-10-14(22)4-6-20(18)25(26)27/h4,6-8,10-12H,3,5,9H2,1-2H3,(H,23,24). The van der Waals surface area contributed by atoms with Crippen molar-refractivity contribution in [2.45, 2.75) is 25.2 Å². The van der Waals surface area contributed by atoms with Crippen LogP contribution >= 0.6 is 0 Å². The number of nitro groups is 1. The number of methoxy groups -OCH3 is 2. The number of nitrogens with zero attached hydrogens (tertiary/aromatic N) is 2. The highest BCUT2D eigenvalue weighted by Crippen LogP contribution is 2.40. The maximum Gasteiger partial charge on any atom is 0.279 e. The van der Waals surface area contributed by atoms with Gasteiger partial charge in [-0.25, -0.2) is 4.39 Å². The predicted molar refractivity (Wildman–Crippen MR) is 105 cm³/mol. The number of nitrogens with one attached hydrogen (secondary N) is 1. The summed E-state index contributed by atoms with van der Waals surface area (Å²) in [6.45, 7) is 0. The van der Waals surface area contributed by atoms with Gasteiger partial charge in [0.25, 0.3) is 5.69 Å². The van der Waals surface area contributed by atoms with Crippen LogP contribution in [0.4, 0.5) is 10.1 Å². The molecule has 1 heterocycles. The molecular weight excluding hydrogens is 377 g/mol. The van der Waals surface area contributed by atoms with Crippen LogP contribution in [0.2, 0.25) is 0 Å². The summed E-state index contributed by atoms with van der Waals surface area (Å²) in [6, 6.07) is 9.26. The van der Waals surface area contributed by atoms with E-state index in [4.69, 9.17) is 9.47 Å². The Morgan fingerprint density at radius 3 is 2.55 bits per heavy atom. The molecule has 1 atom stereocenters. The van der Waals surface area contributed by atoms with Crippen LogP contribution in [0, 0.1) is 15.9 Å². The summed E-state index contributed by atoms with van der Waals surface area (Å²) in [4.78, 5) is 10.9. The highest BCUT2D eigenvalue weighted by Gasteiger charge is 2.28. The third-order valence-electron chi connectivity index (χ3n) is 5.40. The fraction of sp³-hybridized carbons (Fsp3) is 0.286. The average molecular weight is 397 g/mol. The number of aromatic nitrogens is 2. The van der Waals surface area contributed by atoms with Crippen LogP contribution in [-0.2, 0) is 12.8 Å². The summed E-state index contributed by atoms with van der Waals surface area (Å²) in [7, 11) is 3.23. The van der Waals surface area contributed by atoms with Crippen molar-refractivity contribution in [2.24, 2.45) is 0 Å². The topological polar surface area (TPSA) is 90.3 Å². The number of hydrogen-bond donors (Lipinski definition) is 1. The van der Waals surface area contributed by atoms with Crippen molar-refractivity contribution < 1.29 is 18.8 Å². The summed E-state index contributed by atoms with van der Waals surface area (Å²) < 4.78 is 24.5. The molecule has 0 amide bonds. The van der Waals surface area contributed by atoms with Gasteiger partial charge in [0.2, 0.25) is 0 Å². The molecule has 7 nitrogen and oxygen atoms in total. The first-order valence-corrected chi connectivity index (χ1v) is 9.23. The third kappa shape index (κ3) is 3.53. The van der Waals surface area contributed by atoms with E-state index in [1.54, 1.807) is 14.2 Å². The Morgan fingerprint density at radius 2 is 1.90 bits per heavy atom. The first kappa shape index (κ1) is 18.9. The summed E-state index contributed by atoms with van der Waals surface area (Å²) >= 11 is 0. The molecular formula is C21H20FN3O4. The zero-order valence-electron chi connectivity index (χ0n) is 16.1. The molecule has 0 spiro atoms. The number of halogens is 1. The van der Waals surface area contributed by atoms with E-state index in [-0.39, 0.29) is 17.2 Å². The van der Waals surface area contributed by atoms with Gasteiger partial charge in [-0.1, -0.05) is 0 Å². The zero-order chi connectivity index (χ0) is 20.5. The van der Waals surface area contributed by atoms with Gasteiger partial charge in [-0.15, -0.1) is 0 Å². The van der Waals surface area contributed by atoms with Gasteiger partial charge >= 0.3 is 0 Å². The Hall–Kier alpha value is -3.42. The van der Waals surface area contributed by atoms with E-state index in [0.29, 0.717) is 18.5 Å². The summed E-state index contributed by atoms with van der Waals surface area (Å²) in [5.74, 6) is 1.15. The van der Waals surface area contributed by atoms with Crippen LogP contribution in [0.15, 0.2) is 36.4 Å². The van der Waals surface area contributed by atoms with Gasteiger partial charge in [-0.3, -0.25) is 15.2 Å². The normalized spacial score (nSPS) is 15.6. The highest BCUT2D eigenvalue weighted by atomic mass is 19.1. The molecule has 8 heteroatoms. The lowest BCUT2D eigenvalue weighted by molar-refractivity contribution is -0.384. The van der Waals surface area contributed by atoms with Crippen molar-refractivity contribution in [2.75, 3.05) is 14.2 Å². The maximum absolute atomic E-state index is 13.8. The molecule has 1 aliphatic carbocycles. The van der Waals surface area contributed by atoms with Crippen LogP contribution in [0.3, 0.4) is 0 Å². The molecule has 1 aliphatic rings. The lowest BCUT2D eigenvalue weighted by Crippen LogP contribution is -2.13. The molecule has 0 saturated carbocycles. The van der Waals surface area contributed by atoms with Crippen molar-refractivity contribution in [1.82, 2.24) is 10.2 Å². The van der Waals surface area contributed by atoms with Crippen molar-refractivity contribution in [3.63, 3.8) is 0 Å². The minimum absolute atomic E-state index is 0.152. The Bertz CT molecular complexity index is 1060. The Morgan fingerprint density at radius 1 is 1.17 bits per heavy atom. The molecule has 0 aliphatic heterocycles. The SMILES string of the molecule is COc1cc(OC)cc(C2CCc3c(-c4cc(F)ccc4[N+](=O)[O-])n[nH]c3C2)c1. The Balaban J connectivity index is 1.69. The van der Waals surface area contributed by atoms with Crippen molar-refractivity contribution in [1.29, 1.82) is 0 Å². The smallest absolute Gasteiger partial charge is 0.279 e. The predicted octanol–water partition coefficient (Wildman–Crippen LogP) is 4.41. The molecule has 2 aromatic carbocycles. The van der Waals surface area contributed by atoms with E-state index >= 15 is 0 Å². The van der Waals surface area contributed by atoms with E-state index in [2.05, 4.69) is 10.2 Å².